The Morgan fingerprint density at radius 2 is 1.61 bits per heavy atom. The largest absolute Gasteiger partial charge is 0.481 e. The standard InChI is InChI=1S/C35H66O6SSi2/c1-14-15-19-26(2)24-28(40-43(10,11)34(4,5)6)21-22-29-30(41-44(12,13)35(7,8)9)25-31(39-27(3)36)33(29)42-23-18-16-17-20-32(37)38/h21-22,26,28-30H,14-20,23-25H2,1-13H3,(H,37,38)/b22-21+/t26-,28-,29+,30-/m1/s1. The molecule has 256 valence electrons. The predicted molar refractivity (Wildman–Crippen MR) is 192 cm³/mol. The smallest absolute Gasteiger partial charge is 0.307 e. The van der Waals surface area contributed by atoms with Crippen LogP contribution in [0.25, 0.3) is 0 Å². The van der Waals surface area contributed by atoms with Crippen molar-refractivity contribution in [2.75, 3.05) is 5.75 Å². The third-order valence-corrected chi connectivity index (χ3v) is 20.0. The molecule has 0 aromatic rings. The Morgan fingerprint density at radius 3 is 2.14 bits per heavy atom. The lowest BCUT2D eigenvalue weighted by molar-refractivity contribution is -0.138. The van der Waals surface area contributed by atoms with Gasteiger partial charge in [-0.2, -0.15) is 0 Å². The molecule has 0 bridgehead atoms. The van der Waals surface area contributed by atoms with Crippen LogP contribution < -0.4 is 0 Å². The van der Waals surface area contributed by atoms with Crippen LogP contribution >= 0.6 is 11.8 Å². The van der Waals surface area contributed by atoms with Gasteiger partial charge in [0.1, 0.15) is 5.76 Å². The maximum Gasteiger partial charge on any atom is 0.307 e. The topological polar surface area (TPSA) is 82.1 Å². The summed E-state index contributed by atoms with van der Waals surface area (Å²) in [5, 5.41) is 9.16. The van der Waals surface area contributed by atoms with Gasteiger partial charge in [-0.3, -0.25) is 9.59 Å². The third-order valence-electron chi connectivity index (χ3n) is 9.65. The van der Waals surface area contributed by atoms with Gasteiger partial charge in [0.25, 0.3) is 0 Å². The summed E-state index contributed by atoms with van der Waals surface area (Å²) >= 11 is 1.74. The van der Waals surface area contributed by atoms with E-state index in [1.807, 2.05) is 0 Å². The maximum atomic E-state index is 12.2. The fraction of sp³-hybridized carbons (Fsp3) is 0.829. The zero-order valence-electron chi connectivity index (χ0n) is 30.4. The van der Waals surface area contributed by atoms with Crippen molar-refractivity contribution in [3.63, 3.8) is 0 Å². The molecule has 0 aromatic heterocycles. The molecule has 0 unspecified atom stereocenters. The van der Waals surface area contributed by atoms with Gasteiger partial charge >= 0.3 is 11.9 Å². The fourth-order valence-electron chi connectivity index (χ4n) is 4.86. The van der Waals surface area contributed by atoms with E-state index in [-0.39, 0.29) is 40.6 Å². The van der Waals surface area contributed by atoms with Crippen LogP contribution in [0.3, 0.4) is 0 Å². The Morgan fingerprint density at radius 1 is 1.00 bits per heavy atom. The molecule has 0 amide bonds. The van der Waals surface area contributed by atoms with Crippen molar-refractivity contribution in [3.05, 3.63) is 22.8 Å². The lowest BCUT2D eigenvalue weighted by Crippen LogP contribution is -2.45. The summed E-state index contributed by atoms with van der Waals surface area (Å²) in [6.07, 6.45) is 12.3. The molecule has 1 rings (SSSR count). The summed E-state index contributed by atoms with van der Waals surface area (Å²) in [6.45, 7) is 28.9. The second-order valence-electron chi connectivity index (χ2n) is 15.9. The van der Waals surface area contributed by atoms with Crippen molar-refractivity contribution in [3.8, 4) is 0 Å². The molecule has 0 saturated heterocycles. The molecule has 0 radical (unpaired) electrons. The van der Waals surface area contributed by atoms with Crippen LogP contribution in [0.15, 0.2) is 22.8 Å². The predicted octanol–water partition coefficient (Wildman–Crippen LogP) is 10.7. The molecule has 4 atom stereocenters. The number of carboxylic acid groups (broad SMARTS) is 1. The molecule has 0 spiro atoms. The average molecular weight is 671 g/mol. The van der Waals surface area contributed by atoms with Gasteiger partial charge in [-0.05, 0) is 67.2 Å². The molecule has 1 aliphatic carbocycles. The van der Waals surface area contributed by atoms with Crippen LogP contribution in [0, 0.1) is 11.8 Å². The molecule has 1 aliphatic rings. The summed E-state index contributed by atoms with van der Waals surface area (Å²) in [5.74, 6) is 1.05. The van der Waals surface area contributed by atoms with E-state index in [2.05, 4.69) is 93.7 Å². The van der Waals surface area contributed by atoms with Crippen LogP contribution in [0.5, 0.6) is 0 Å². The molecule has 1 N–H and O–H groups in total. The highest BCUT2D eigenvalue weighted by molar-refractivity contribution is 8.03. The first-order chi connectivity index (χ1) is 20.1. The zero-order valence-corrected chi connectivity index (χ0v) is 33.2. The first-order valence-corrected chi connectivity index (χ1v) is 23.7. The van der Waals surface area contributed by atoms with Crippen LogP contribution in [0.1, 0.15) is 120 Å². The molecule has 0 fully saturated rings. The highest BCUT2D eigenvalue weighted by Crippen LogP contribution is 2.47. The zero-order chi connectivity index (χ0) is 33.9. The first kappa shape index (κ1) is 41.1. The van der Waals surface area contributed by atoms with Gasteiger partial charge in [0.15, 0.2) is 16.6 Å². The molecule has 0 aromatic carbocycles. The van der Waals surface area contributed by atoms with Crippen LogP contribution in [-0.4, -0.2) is 51.6 Å². The van der Waals surface area contributed by atoms with E-state index in [9.17, 15) is 9.59 Å². The van der Waals surface area contributed by atoms with Crippen molar-refractivity contribution in [2.24, 2.45) is 11.8 Å². The molecule has 0 heterocycles. The minimum absolute atomic E-state index is 0.0105. The third kappa shape index (κ3) is 13.9. The van der Waals surface area contributed by atoms with Gasteiger partial charge < -0.3 is 18.7 Å². The normalized spacial score (nSPS) is 19.9. The van der Waals surface area contributed by atoms with E-state index in [1.54, 1.807) is 11.8 Å². The highest BCUT2D eigenvalue weighted by atomic mass is 32.2. The van der Waals surface area contributed by atoms with Crippen molar-refractivity contribution in [1.82, 2.24) is 0 Å². The molecule has 44 heavy (non-hydrogen) atoms. The summed E-state index contributed by atoms with van der Waals surface area (Å²) < 4.78 is 19.9. The lowest BCUT2D eigenvalue weighted by Gasteiger charge is -2.40. The summed E-state index contributed by atoms with van der Waals surface area (Å²) in [7, 11) is -4.14. The second kappa shape index (κ2) is 17.9. The molecule has 0 saturated carbocycles. The molecular weight excluding hydrogens is 605 g/mol. The number of hydrogen-bond donors (Lipinski definition) is 1. The number of esters is 1. The number of carboxylic acids is 1. The van der Waals surface area contributed by atoms with Gasteiger partial charge in [-0.1, -0.05) is 93.2 Å². The van der Waals surface area contributed by atoms with Crippen molar-refractivity contribution in [2.45, 2.75) is 169 Å². The second-order valence-corrected chi connectivity index (χ2v) is 26.5. The quantitative estimate of drug-likeness (QED) is 0.0634. The number of aliphatic carboxylic acids is 1. The Labute approximate surface area is 276 Å². The highest BCUT2D eigenvalue weighted by Gasteiger charge is 2.45. The van der Waals surface area contributed by atoms with E-state index in [4.69, 9.17) is 18.7 Å². The number of ether oxygens (including phenoxy) is 1. The van der Waals surface area contributed by atoms with Gasteiger partial charge in [-0.15, -0.1) is 11.8 Å². The Balaban J connectivity index is 3.47. The van der Waals surface area contributed by atoms with Gasteiger partial charge in [0.2, 0.25) is 0 Å². The Kier molecular flexibility index (Phi) is 16.7. The first-order valence-electron chi connectivity index (χ1n) is 16.9. The number of rotatable bonds is 19. The van der Waals surface area contributed by atoms with Crippen molar-refractivity contribution >= 4 is 40.3 Å². The Bertz CT molecular complexity index is 977. The number of unbranched alkanes of at least 4 members (excludes halogenated alkanes) is 3. The van der Waals surface area contributed by atoms with E-state index < -0.39 is 22.6 Å². The summed E-state index contributed by atoms with van der Waals surface area (Å²) in [5.41, 5.74) is 0. The maximum absolute atomic E-state index is 12.2. The minimum Gasteiger partial charge on any atom is -0.481 e. The van der Waals surface area contributed by atoms with Crippen LogP contribution in [0.4, 0.5) is 0 Å². The van der Waals surface area contributed by atoms with E-state index >= 15 is 0 Å². The van der Waals surface area contributed by atoms with E-state index in [0.717, 1.165) is 35.7 Å². The van der Waals surface area contributed by atoms with Gasteiger partial charge in [0.05, 0.1) is 12.2 Å². The molecule has 0 aliphatic heterocycles. The van der Waals surface area contributed by atoms with E-state index in [0.29, 0.717) is 18.8 Å². The summed E-state index contributed by atoms with van der Waals surface area (Å²) in [6, 6.07) is 0. The van der Waals surface area contributed by atoms with E-state index in [1.165, 1.54) is 26.2 Å². The molecular formula is C35H66O6SSi2. The fourth-order valence-corrected chi connectivity index (χ4v) is 8.76. The van der Waals surface area contributed by atoms with Crippen molar-refractivity contribution < 1.29 is 28.3 Å². The van der Waals surface area contributed by atoms with Gasteiger partial charge in [0, 0.05) is 30.6 Å². The number of carbonyl (C=O) groups excluding carboxylic acids is 1. The minimum atomic E-state index is -2.12. The van der Waals surface area contributed by atoms with Gasteiger partial charge in [-0.25, -0.2) is 0 Å². The Hall–Kier alpha value is -0.876. The van der Waals surface area contributed by atoms with Crippen molar-refractivity contribution in [1.29, 1.82) is 0 Å². The number of carbonyl (C=O) groups is 2. The van der Waals surface area contributed by atoms with Crippen LogP contribution in [0.2, 0.25) is 36.3 Å². The molecule has 6 nitrogen and oxygen atoms in total. The molecule has 9 heteroatoms. The SMILES string of the molecule is CCCC[C@@H](C)C[C@@H](/C=C/[C@@H]1C(SCCCCCC(=O)O)=C(OC(C)=O)C[C@H]1O[Si](C)(C)C(C)(C)C)O[Si](C)(C)C(C)(C)C. The lowest BCUT2D eigenvalue weighted by atomic mass is 9.96. The summed E-state index contributed by atoms with van der Waals surface area (Å²) in [4.78, 5) is 24.2. The number of hydrogen-bond acceptors (Lipinski definition) is 6. The van der Waals surface area contributed by atoms with Crippen LogP contribution in [-0.2, 0) is 23.2 Å². The number of thioether (sulfide) groups is 1. The monoisotopic (exact) mass is 670 g/mol. The average Bonchev–Trinajstić information content (AvgIpc) is 3.15.